The van der Waals surface area contributed by atoms with E-state index in [1.54, 1.807) is 19.3 Å². The molecule has 0 aliphatic carbocycles. The second kappa shape index (κ2) is 6.51. The fraction of sp³-hybridized carbons (Fsp3) is 0.333. The molecule has 0 radical (unpaired) electrons. The maximum atomic E-state index is 13.2. The van der Waals surface area contributed by atoms with Crippen molar-refractivity contribution in [1.29, 1.82) is 0 Å². The number of aryl methyl sites for hydroxylation is 1. The van der Waals surface area contributed by atoms with Crippen LogP contribution < -0.4 is 15.8 Å². The molecule has 0 spiro atoms. The molecule has 130 valence electrons. The molecule has 0 saturated heterocycles. The van der Waals surface area contributed by atoms with Crippen molar-refractivity contribution in [2.75, 3.05) is 10.2 Å². The molecule has 7 nitrogen and oxygen atoms in total. The number of aromatic nitrogens is 2. The number of fused-ring (bicyclic) bond motifs is 1. The molecule has 0 fully saturated rings. The molecule has 7 heteroatoms. The first-order chi connectivity index (χ1) is 11.9. The highest BCUT2D eigenvalue weighted by atomic mass is 16.2. The first kappa shape index (κ1) is 16.9. The van der Waals surface area contributed by atoms with Gasteiger partial charge < -0.3 is 9.88 Å². The van der Waals surface area contributed by atoms with Gasteiger partial charge in [-0.25, -0.2) is 0 Å². The van der Waals surface area contributed by atoms with Crippen LogP contribution in [0.5, 0.6) is 0 Å². The van der Waals surface area contributed by atoms with Crippen molar-refractivity contribution in [3.8, 4) is 0 Å². The van der Waals surface area contributed by atoms with Gasteiger partial charge in [-0.05, 0) is 18.1 Å². The van der Waals surface area contributed by atoms with Crippen LogP contribution in [0.1, 0.15) is 30.6 Å². The van der Waals surface area contributed by atoms with E-state index in [9.17, 15) is 14.4 Å². The zero-order valence-electron chi connectivity index (χ0n) is 14.4. The van der Waals surface area contributed by atoms with Gasteiger partial charge in [0, 0.05) is 25.5 Å². The Morgan fingerprint density at radius 2 is 2.08 bits per heavy atom. The summed E-state index contributed by atoms with van der Waals surface area (Å²) in [5.41, 5.74) is 1.27. The molecular formula is C18H20N4O3. The van der Waals surface area contributed by atoms with E-state index >= 15 is 0 Å². The number of hydrogen-bond acceptors (Lipinski definition) is 4. The average Bonchev–Trinajstić information content (AvgIpc) is 2.61. The van der Waals surface area contributed by atoms with E-state index in [2.05, 4.69) is 10.3 Å². The summed E-state index contributed by atoms with van der Waals surface area (Å²) >= 11 is 0. The fourth-order valence-electron chi connectivity index (χ4n) is 3.00. The second-order valence-corrected chi connectivity index (χ2v) is 6.25. The Labute approximate surface area is 145 Å². The Morgan fingerprint density at radius 3 is 2.76 bits per heavy atom. The number of amides is 2. The van der Waals surface area contributed by atoms with Gasteiger partial charge in [0.15, 0.2) is 0 Å². The predicted octanol–water partition coefficient (Wildman–Crippen LogP) is 1.79. The number of nitrogens with zero attached hydrogens (tertiary/aromatic N) is 3. The van der Waals surface area contributed by atoms with Gasteiger partial charge in [0.25, 0.3) is 5.91 Å². The van der Waals surface area contributed by atoms with E-state index < -0.39 is 6.04 Å². The van der Waals surface area contributed by atoms with Crippen LogP contribution in [-0.4, -0.2) is 27.4 Å². The lowest BCUT2D eigenvalue weighted by Gasteiger charge is -2.39. The van der Waals surface area contributed by atoms with Crippen molar-refractivity contribution in [2.45, 2.75) is 26.3 Å². The maximum absolute atomic E-state index is 13.2. The Balaban J connectivity index is 2.13. The molecule has 3 heterocycles. The lowest BCUT2D eigenvalue weighted by atomic mass is 9.93. The normalized spacial score (nSPS) is 17.6. The third-order valence-electron chi connectivity index (χ3n) is 4.60. The van der Waals surface area contributed by atoms with Crippen molar-refractivity contribution in [2.24, 2.45) is 13.0 Å². The van der Waals surface area contributed by atoms with Crippen LogP contribution in [0.4, 0.5) is 11.4 Å². The minimum atomic E-state index is -0.621. The number of carbonyl (C=O) groups excluding carboxylic acids is 2. The van der Waals surface area contributed by atoms with E-state index in [1.807, 2.05) is 13.8 Å². The predicted molar refractivity (Wildman–Crippen MR) is 94.6 cm³/mol. The molecule has 2 aromatic heterocycles. The standard InChI is InChI=1S/C18H20N4O3/c1-4-11(2)16-17(24)20-13-9-19-8-7-14(13)22(16)18(25)12-5-6-15(23)21(3)10-12/h5-11,16H,4H2,1-3H3,(H,20,24)/t11-,16-/m0/s1. The van der Waals surface area contributed by atoms with Crippen LogP contribution in [-0.2, 0) is 11.8 Å². The minimum absolute atomic E-state index is 0.0298. The molecule has 1 N–H and O–H groups in total. The van der Waals surface area contributed by atoms with E-state index in [1.165, 1.54) is 34.0 Å². The van der Waals surface area contributed by atoms with Crippen LogP contribution in [0.2, 0.25) is 0 Å². The van der Waals surface area contributed by atoms with Crippen molar-refractivity contribution in [1.82, 2.24) is 9.55 Å². The summed E-state index contributed by atoms with van der Waals surface area (Å²) in [6.07, 6.45) is 5.35. The average molecular weight is 340 g/mol. The highest BCUT2D eigenvalue weighted by molar-refractivity contribution is 6.16. The number of nitrogens with one attached hydrogen (secondary N) is 1. The zero-order valence-corrected chi connectivity index (χ0v) is 14.4. The van der Waals surface area contributed by atoms with Gasteiger partial charge in [-0.3, -0.25) is 24.3 Å². The number of pyridine rings is 2. The van der Waals surface area contributed by atoms with Crippen molar-refractivity contribution in [3.63, 3.8) is 0 Å². The van der Waals surface area contributed by atoms with Crippen LogP contribution in [0.3, 0.4) is 0 Å². The molecular weight excluding hydrogens is 320 g/mol. The van der Waals surface area contributed by atoms with Crippen LogP contribution >= 0.6 is 0 Å². The zero-order chi connectivity index (χ0) is 18.1. The monoisotopic (exact) mass is 340 g/mol. The van der Waals surface area contributed by atoms with E-state index in [-0.39, 0.29) is 23.3 Å². The molecule has 0 bridgehead atoms. The van der Waals surface area contributed by atoms with E-state index in [0.717, 1.165) is 6.42 Å². The second-order valence-electron chi connectivity index (χ2n) is 6.25. The van der Waals surface area contributed by atoms with Crippen LogP contribution in [0.25, 0.3) is 0 Å². The molecule has 2 aromatic rings. The summed E-state index contributed by atoms with van der Waals surface area (Å²) in [5.74, 6) is -0.575. The Bertz CT molecular complexity index is 890. The van der Waals surface area contributed by atoms with Crippen LogP contribution in [0.15, 0.2) is 41.6 Å². The molecule has 0 aromatic carbocycles. The Morgan fingerprint density at radius 1 is 1.32 bits per heavy atom. The number of rotatable bonds is 3. The summed E-state index contributed by atoms with van der Waals surface area (Å²) in [6, 6.07) is 3.93. The molecule has 0 unspecified atom stereocenters. The number of anilines is 2. The molecule has 0 saturated carbocycles. The highest BCUT2D eigenvalue weighted by Crippen LogP contribution is 2.35. The number of carbonyl (C=O) groups is 2. The lowest BCUT2D eigenvalue weighted by Crippen LogP contribution is -2.54. The van der Waals surface area contributed by atoms with Crippen molar-refractivity contribution in [3.05, 3.63) is 52.7 Å². The topological polar surface area (TPSA) is 84.3 Å². The van der Waals surface area contributed by atoms with Gasteiger partial charge in [-0.15, -0.1) is 0 Å². The van der Waals surface area contributed by atoms with Gasteiger partial charge in [-0.1, -0.05) is 20.3 Å². The summed E-state index contributed by atoms with van der Waals surface area (Å²) in [4.78, 5) is 43.0. The summed E-state index contributed by atoms with van der Waals surface area (Å²) in [7, 11) is 1.59. The first-order valence-electron chi connectivity index (χ1n) is 8.19. The first-order valence-corrected chi connectivity index (χ1v) is 8.19. The van der Waals surface area contributed by atoms with Gasteiger partial charge in [-0.2, -0.15) is 0 Å². The quantitative estimate of drug-likeness (QED) is 0.923. The summed E-state index contributed by atoms with van der Waals surface area (Å²) in [6.45, 7) is 3.92. The Hall–Kier alpha value is -2.96. The third-order valence-corrected chi connectivity index (χ3v) is 4.60. The molecule has 2 atom stereocenters. The lowest BCUT2D eigenvalue weighted by molar-refractivity contribution is -0.118. The summed E-state index contributed by atoms with van der Waals surface area (Å²) < 4.78 is 1.35. The molecule has 3 rings (SSSR count). The van der Waals surface area contributed by atoms with Gasteiger partial charge in [0.2, 0.25) is 11.5 Å². The van der Waals surface area contributed by atoms with Gasteiger partial charge in [0.05, 0.1) is 23.1 Å². The smallest absolute Gasteiger partial charge is 0.260 e. The van der Waals surface area contributed by atoms with E-state index in [0.29, 0.717) is 16.9 Å². The number of hydrogen-bond donors (Lipinski definition) is 1. The van der Waals surface area contributed by atoms with Gasteiger partial charge >= 0.3 is 0 Å². The van der Waals surface area contributed by atoms with Crippen molar-refractivity contribution < 1.29 is 9.59 Å². The van der Waals surface area contributed by atoms with Crippen LogP contribution in [0, 0.1) is 5.92 Å². The molecule has 1 aliphatic heterocycles. The highest BCUT2D eigenvalue weighted by Gasteiger charge is 2.40. The largest absolute Gasteiger partial charge is 0.321 e. The van der Waals surface area contributed by atoms with Gasteiger partial charge in [0.1, 0.15) is 6.04 Å². The molecule has 1 aliphatic rings. The molecule has 25 heavy (non-hydrogen) atoms. The minimum Gasteiger partial charge on any atom is -0.321 e. The van der Waals surface area contributed by atoms with Crippen molar-refractivity contribution >= 4 is 23.2 Å². The third kappa shape index (κ3) is 2.93. The maximum Gasteiger partial charge on any atom is 0.260 e. The molecule has 2 amide bonds. The fourth-order valence-corrected chi connectivity index (χ4v) is 3.00. The van der Waals surface area contributed by atoms with E-state index in [4.69, 9.17) is 0 Å². The summed E-state index contributed by atoms with van der Waals surface area (Å²) in [5, 5.41) is 2.83. The Kier molecular flexibility index (Phi) is 4.39. The SMILES string of the molecule is CC[C@H](C)[C@H]1C(=O)Nc2cnccc2N1C(=O)c1ccc(=O)n(C)c1.